The second-order valence-corrected chi connectivity index (χ2v) is 7.47. The van der Waals surface area contributed by atoms with Gasteiger partial charge in [0.15, 0.2) is 0 Å². The van der Waals surface area contributed by atoms with Crippen LogP contribution < -0.4 is 10.1 Å². The first-order valence-electron chi connectivity index (χ1n) is 9.23. The summed E-state index contributed by atoms with van der Waals surface area (Å²) in [6.45, 7) is 1.41. The maximum absolute atomic E-state index is 13.0. The van der Waals surface area contributed by atoms with Crippen LogP contribution in [0.4, 0.5) is 4.39 Å². The average Bonchev–Trinajstić information content (AvgIpc) is 3.24. The van der Waals surface area contributed by atoms with Gasteiger partial charge in [-0.05, 0) is 70.2 Å². The molecule has 0 saturated carbocycles. The fourth-order valence-electron chi connectivity index (χ4n) is 2.89. The third-order valence-corrected chi connectivity index (χ3v) is 5.07. The van der Waals surface area contributed by atoms with Crippen LogP contribution in [0.5, 0.6) is 5.75 Å². The molecule has 5 nitrogen and oxygen atoms in total. The zero-order chi connectivity index (χ0) is 20.6. The molecule has 1 aliphatic heterocycles. The van der Waals surface area contributed by atoms with Gasteiger partial charge in [0.05, 0.1) is 10.6 Å². The third-order valence-electron chi connectivity index (χ3n) is 4.45. The monoisotopic (exact) mass is 458 g/mol. The quantitative estimate of drug-likeness (QED) is 0.493. The maximum atomic E-state index is 13.0. The van der Waals surface area contributed by atoms with Crippen LogP contribution in [0, 0.1) is 17.1 Å². The van der Waals surface area contributed by atoms with Crippen LogP contribution in [0.1, 0.15) is 24.0 Å². The van der Waals surface area contributed by atoms with Gasteiger partial charge in [0.25, 0.3) is 5.91 Å². The highest BCUT2D eigenvalue weighted by Gasteiger charge is 2.17. The van der Waals surface area contributed by atoms with E-state index in [2.05, 4.69) is 21.2 Å². The lowest BCUT2D eigenvalue weighted by Crippen LogP contribution is -2.32. The Labute approximate surface area is 177 Å². The summed E-state index contributed by atoms with van der Waals surface area (Å²) in [5, 5.41) is 12.1. The van der Waals surface area contributed by atoms with Gasteiger partial charge in [-0.25, -0.2) is 4.39 Å². The van der Waals surface area contributed by atoms with Crippen LogP contribution in [-0.4, -0.2) is 25.2 Å². The fourth-order valence-corrected chi connectivity index (χ4v) is 3.40. The van der Waals surface area contributed by atoms with E-state index in [1.165, 1.54) is 18.2 Å². The van der Waals surface area contributed by atoms with E-state index in [9.17, 15) is 14.4 Å². The predicted molar refractivity (Wildman–Crippen MR) is 110 cm³/mol. The molecule has 1 fully saturated rings. The van der Waals surface area contributed by atoms with Crippen molar-refractivity contribution in [2.45, 2.75) is 25.6 Å². The molecule has 0 spiro atoms. The average molecular weight is 459 g/mol. The van der Waals surface area contributed by atoms with E-state index in [1.54, 1.807) is 30.3 Å². The van der Waals surface area contributed by atoms with Crippen molar-refractivity contribution in [2.24, 2.45) is 0 Å². The van der Waals surface area contributed by atoms with Crippen molar-refractivity contribution >= 4 is 27.9 Å². The predicted octanol–water partition coefficient (Wildman–Crippen LogP) is 4.37. The minimum absolute atomic E-state index is 0.0191. The van der Waals surface area contributed by atoms with E-state index in [0.717, 1.165) is 18.4 Å². The molecule has 0 aliphatic carbocycles. The molecule has 0 bridgehead atoms. The summed E-state index contributed by atoms with van der Waals surface area (Å²) in [4.78, 5) is 12.2. The van der Waals surface area contributed by atoms with E-state index >= 15 is 0 Å². The zero-order valence-corrected chi connectivity index (χ0v) is 17.2. The van der Waals surface area contributed by atoms with Crippen LogP contribution in [0.2, 0.25) is 0 Å². The molecule has 150 valence electrons. The second-order valence-electron chi connectivity index (χ2n) is 6.62. The van der Waals surface area contributed by atoms with E-state index in [-0.39, 0.29) is 17.5 Å². The Morgan fingerprint density at radius 3 is 2.79 bits per heavy atom. The molecule has 1 atom stereocenters. The number of ether oxygens (including phenoxy) is 2. The molecule has 1 N–H and O–H groups in total. The van der Waals surface area contributed by atoms with Gasteiger partial charge in [-0.15, -0.1) is 0 Å². The Balaban J connectivity index is 1.61. The molecule has 0 aromatic heterocycles. The lowest BCUT2D eigenvalue weighted by molar-refractivity contribution is -0.117. The standard InChI is InChI=1S/C22H20BrFN2O3/c23-20-11-16(5-8-21(20)29-14-15-3-6-18(24)7-4-15)10-17(12-25)22(27)26-13-19-2-1-9-28-19/h3-8,10-11,19H,1-2,9,13-14H2,(H,26,27)/b17-10+/t19-/m1/s1. The van der Waals surface area contributed by atoms with Gasteiger partial charge in [0, 0.05) is 13.2 Å². The largest absolute Gasteiger partial charge is 0.488 e. The van der Waals surface area contributed by atoms with E-state index in [4.69, 9.17) is 9.47 Å². The Bertz CT molecular complexity index is 932. The smallest absolute Gasteiger partial charge is 0.262 e. The Kier molecular flexibility index (Phi) is 7.39. The number of nitrogens with zero attached hydrogens (tertiary/aromatic N) is 1. The van der Waals surface area contributed by atoms with E-state index in [1.807, 2.05) is 6.07 Å². The number of nitrogens with one attached hydrogen (secondary N) is 1. The van der Waals surface area contributed by atoms with Gasteiger partial charge in [-0.2, -0.15) is 5.26 Å². The molecule has 1 saturated heterocycles. The molecule has 3 rings (SSSR count). The van der Waals surface area contributed by atoms with Gasteiger partial charge in [0.2, 0.25) is 0 Å². The molecule has 7 heteroatoms. The minimum atomic E-state index is -0.421. The highest BCUT2D eigenvalue weighted by atomic mass is 79.9. The van der Waals surface area contributed by atoms with Gasteiger partial charge in [-0.1, -0.05) is 18.2 Å². The number of rotatable bonds is 7. The van der Waals surface area contributed by atoms with Crippen molar-refractivity contribution in [3.05, 3.63) is 69.5 Å². The van der Waals surface area contributed by atoms with Crippen LogP contribution in [0.3, 0.4) is 0 Å². The van der Waals surface area contributed by atoms with Gasteiger partial charge >= 0.3 is 0 Å². The number of hydrogen-bond donors (Lipinski definition) is 1. The number of hydrogen-bond acceptors (Lipinski definition) is 4. The van der Waals surface area contributed by atoms with E-state index < -0.39 is 5.91 Å². The Hall–Kier alpha value is -2.69. The van der Waals surface area contributed by atoms with Crippen molar-refractivity contribution < 1.29 is 18.7 Å². The van der Waals surface area contributed by atoms with Crippen LogP contribution >= 0.6 is 15.9 Å². The van der Waals surface area contributed by atoms with E-state index in [0.29, 0.717) is 35.5 Å². The summed E-state index contributed by atoms with van der Waals surface area (Å²) in [7, 11) is 0. The van der Waals surface area contributed by atoms with Crippen molar-refractivity contribution in [3.8, 4) is 11.8 Å². The third kappa shape index (κ3) is 6.14. The van der Waals surface area contributed by atoms with Crippen molar-refractivity contribution in [1.29, 1.82) is 5.26 Å². The first kappa shape index (κ1) is 21.0. The van der Waals surface area contributed by atoms with Crippen LogP contribution in [-0.2, 0) is 16.1 Å². The summed E-state index contributed by atoms with van der Waals surface area (Å²) in [5.41, 5.74) is 1.56. The minimum Gasteiger partial charge on any atom is -0.488 e. The lowest BCUT2D eigenvalue weighted by Gasteiger charge is -2.11. The number of amides is 1. The second kappa shape index (κ2) is 10.2. The number of nitriles is 1. The van der Waals surface area contributed by atoms with Crippen molar-refractivity contribution in [1.82, 2.24) is 5.32 Å². The lowest BCUT2D eigenvalue weighted by atomic mass is 10.1. The molecular weight excluding hydrogens is 439 g/mol. The summed E-state index contributed by atoms with van der Waals surface area (Å²) in [6.07, 6.45) is 3.45. The van der Waals surface area contributed by atoms with Crippen molar-refractivity contribution in [3.63, 3.8) is 0 Å². The molecule has 2 aromatic rings. The summed E-state index contributed by atoms with van der Waals surface area (Å²) >= 11 is 3.44. The normalized spacial score (nSPS) is 16.3. The highest BCUT2D eigenvalue weighted by molar-refractivity contribution is 9.10. The van der Waals surface area contributed by atoms with Gasteiger partial charge in [-0.3, -0.25) is 4.79 Å². The van der Waals surface area contributed by atoms with Crippen LogP contribution in [0.15, 0.2) is 52.5 Å². The molecule has 1 amide bonds. The number of carbonyl (C=O) groups excluding carboxylic acids is 1. The maximum Gasteiger partial charge on any atom is 0.262 e. The summed E-state index contributed by atoms with van der Waals surface area (Å²) < 4.78 is 24.9. The molecular formula is C22H20BrFN2O3. The zero-order valence-electron chi connectivity index (χ0n) is 15.7. The topological polar surface area (TPSA) is 71.3 Å². The summed E-state index contributed by atoms with van der Waals surface area (Å²) in [6, 6.07) is 13.3. The Morgan fingerprint density at radius 1 is 1.34 bits per heavy atom. The molecule has 0 unspecified atom stereocenters. The van der Waals surface area contributed by atoms with Gasteiger partial charge in [0.1, 0.15) is 29.8 Å². The molecule has 29 heavy (non-hydrogen) atoms. The highest BCUT2D eigenvalue weighted by Crippen LogP contribution is 2.28. The number of benzene rings is 2. The SMILES string of the molecule is N#C/C(=C\c1ccc(OCc2ccc(F)cc2)c(Br)c1)C(=O)NC[C@H]1CCCO1. The molecule has 1 aliphatic rings. The molecule has 2 aromatic carbocycles. The molecule has 1 heterocycles. The number of carbonyl (C=O) groups is 1. The first-order chi connectivity index (χ1) is 14.0. The van der Waals surface area contributed by atoms with Crippen molar-refractivity contribution in [2.75, 3.05) is 13.2 Å². The number of halogens is 2. The van der Waals surface area contributed by atoms with Gasteiger partial charge < -0.3 is 14.8 Å². The Morgan fingerprint density at radius 2 is 2.14 bits per heavy atom. The fraction of sp³-hybridized carbons (Fsp3) is 0.273. The van der Waals surface area contributed by atoms with Crippen LogP contribution in [0.25, 0.3) is 6.08 Å². The summed E-state index contributed by atoms with van der Waals surface area (Å²) in [5.74, 6) is -0.109. The first-order valence-corrected chi connectivity index (χ1v) is 10.0. The molecule has 0 radical (unpaired) electrons.